The number of carbonyl (C=O) groups is 1. The van der Waals surface area contributed by atoms with Gasteiger partial charge in [0.1, 0.15) is 11.3 Å². The fourth-order valence-electron chi connectivity index (χ4n) is 2.50. The summed E-state index contributed by atoms with van der Waals surface area (Å²) in [6.07, 6.45) is 0. The summed E-state index contributed by atoms with van der Waals surface area (Å²) in [4.78, 5) is 14.2. The van der Waals surface area contributed by atoms with E-state index in [1.54, 1.807) is 7.11 Å². The van der Waals surface area contributed by atoms with Gasteiger partial charge in [-0.3, -0.25) is 4.79 Å². The van der Waals surface area contributed by atoms with Crippen LogP contribution in [0.5, 0.6) is 0 Å². The zero-order valence-electron chi connectivity index (χ0n) is 13.9. The van der Waals surface area contributed by atoms with Gasteiger partial charge in [-0.1, -0.05) is 18.2 Å². The molecular formula is C17H25ClN2O3. The van der Waals surface area contributed by atoms with Gasteiger partial charge in [-0.25, -0.2) is 0 Å². The zero-order chi connectivity index (χ0) is 15.9. The minimum atomic E-state index is -0.0888. The van der Waals surface area contributed by atoms with E-state index in [4.69, 9.17) is 9.15 Å². The molecule has 5 nitrogen and oxygen atoms in total. The number of carbonyl (C=O) groups excluding carboxylic acids is 1. The molecule has 2 aromatic rings. The van der Waals surface area contributed by atoms with Crippen LogP contribution in [-0.2, 0) is 9.53 Å². The maximum Gasteiger partial charge on any atom is 0.237 e. The van der Waals surface area contributed by atoms with Gasteiger partial charge < -0.3 is 19.4 Å². The summed E-state index contributed by atoms with van der Waals surface area (Å²) in [6, 6.07) is 9.80. The SMILES string of the molecule is CCN(C(=O)CNCCOC)C(C)c1cc2ccccc2o1.Cl. The highest BCUT2D eigenvalue weighted by Crippen LogP contribution is 2.27. The maximum atomic E-state index is 12.3. The van der Waals surface area contributed by atoms with Crippen molar-refractivity contribution in [1.29, 1.82) is 0 Å². The van der Waals surface area contributed by atoms with Crippen molar-refractivity contribution in [3.05, 3.63) is 36.1 Å². The van der Waals surface area contributed by atoms with Crippen LogP contribution in [-0.4, -0.2) is 44.2 Å². The van der Waals surface area contributed by atoms with Crippen LogP contribution in [0, 0.1) is 0 Å². The van der Waals surface area contributed by atoms with Crippen LogP contribution < -0.4 is 5.32 Å². The summed E-state index contributed by atoms with van der Waals surface area (Å²) in [5.74, 6) is 0.875. The Morgan fingerprint density at radius 3 is 2.78 bits per heavy atom. The van der Waals surface area contributed by atoms with Gasteiger partial charge >= 0.3 is 0 Å². The second-order valence-corrected chi connectivity index (χ2v) is 5.21. The average molecular weight is 341 g/mol. The van der Waals surface area contributed by atoms with Crippen LogP contribution in [0.3, 0.4) is 0 Å². The van der Waals surface area contributed by atoms with Gasteiger partial charge in [-0.2, -0.15) is 0 Å². The van der Waals surface area contributed by atoms with Gasteiger partial charge in [0.2, 0.25) is 5.91 Å². The number of rotatable bonds is 8. The van der Waals surface area contributed by atoms with Gasteiger partial charge in [0.05, 0.1) is 19.2 Å². The van der Waals surface area contributed by atoms with Crippen molar-refractivity contribution < 1.29 is 13.9 Å². The molecule has 0 bridgehead atoms. The molecule has 0 saturated heterocycles. The predicted octanol–water partition coefficient (Wildman–Crippen LogP) is 3.00. The molecule has 23 heavy (non-hydrogen) atoms. The lowest BCUT2D eigenvalue weighted by Gasteiger charge is -2.26. The van der Waals surface area contributed by atoms with Gasteiger partial charge in [0, 0.05) is 25.6 Å². The number of fused-ring (bicyclic) bond motifs is 1. The van der Waals surface area contributed by atoms with E-state index in [1.165, 1.54) is 0 Å². The lowest BCUT2D eigenvalue weighted by atomic mass is 10.2. The number of amides is 1. The molecule has 1 atom stereocenters. The first-order chi connectivity index (χ1) is 10.7. The molecule has 0 spiro atoms. The van der Waals surface area contributed by atoms with Gasteiger partial charge in [0.15, 0.2) is 0 Å². The molecule has 0 aliphatic carbocycles. The molecule has 1 N–H and O–H groups in total. The summed E-state index contributed by atoms with van der Waals surface area (Å²) in [5, 5.41) is 4.15. The average Bonchev–Trinajstić information content (AvgIpc) is 2.96. The van der Waals surface area contributed by atoms with Crippen LogP contribution in [0.15, 0.2) is 34.7 Å². The maximum absolute atomic E-state index is 12.3. The number of nitrogens with one attached hydrogen (secondary N) is 1. The van der Waals surface area contributed by atoms with Crippen LogP contribution >= 0.6 is 12.4 Å². The van der Waals surface area contributed by atoms with Crippen molar-refractivity contribution in [3.8, 4) is 0 Å². The van der Waals surface area contributed by atoms with Crippen molar-refractivity contribution in [1.82, 2.24) is 10.2 Å². The fraction of sp³-hybridized carbons (Fsp3) is 0.471. The molecule has 1 aromatic heterocycles. The van der Waals surface area contributed by atoms with Crippen molar-refractivity contribution in [2.75, 3.05) is 33.4 Å². The Morgan fingerprint density at radius 2 is 2.13 bits per heavy atom. The molecule has 1 amide bonds. The molecule has 1 aromatic carbocycles. The minimum absolute atomic E-state index is 0. The Morgan fingerprint density at radius 1 is 1.39 bits per heavy atom. The molecule has 0 aliphatic rings. The van der Waals surface area contributed by atoms with Crippen molar-refractivity contribution in [2.24, 2.45) is 0 Å². The third-order valence-electron chi connectivity index (χ3n) is 3.74. The number of hydrogen-bond donors (Lipinski definition) is 1. The molecule has 1 unspecified atom stereocenters. The Hall–Kier alpha value is -1.56. The molecular weight excluding hydrogens is 316 g/mol. The van der Waals surface area contributed by atoms with E-state index in [2.05, 4.69) is 5.32 Å². The predicted molar refractivity (Wildman–Crippen MR) is 94.0 cm³/mol. The standard InChI is InChI=1S/C17H24N2O3.ClH/c1-4-19(17(20)12-18-9-10-21-3)13(2)16-11-14-7-5-6-8-15(14)22-16;/h5-8,11,13,18H,4,9-10,12H2,1-3H3;1H. The number of para-hydroxylation sites is 1. The van der Waals surface area contributed by atoms with Crippen molar-refractivity contribution >= 4 is 29.3 Å². The fourth-order valence-corrected chi connectivity index (χ4v) is 2.50. The smallest absolute Gasteiger partial charge is 0.237 e. The van der Waals surface area contributed by atoms with Gasteiger partial charge in [0.25, 0.3) is 0 Å². The Bertz CT molecular complexity index is 582. The van der Waals surface area contributed by atoms with E-state index in [0.717, 1.165) is 16.7 Å². The summed E-state index contributed by atoms with van der Waals surface area (Å²) in [6.45, 7) is 6.18. The lowest BCUT2D eigenvalue weighted by Crippen LogP contribution is -2.40. The first-order valence-electron chi connectivity index (χ1n) is 7.65. The molecule has 0 saturated carbocycles. The summed E-state index contributed by atoms with van der Waals surface area (Å²) < 4.78 is 10.8. The number of hydrogen-bond acceptors (Lipinski definition) is 4. The van der Waals surface area contributed by atoms with Crippen LogP contribution in [0.4, 0.5) is 0 Å². The Balaban J connectivity index is 0.00000264. The normalized spacial score (nSPS) is 12.0. The molecule has 6 heteroatoms. The molecule has 0 radical (unpaired) electrons. The third-order valence-corrected chi connectivity index (χ3v) is 3.74. The minimum Gasteiger partial charge on any atom is -0.459 e. The van der Waals surface area contributed by atoms with E-state index in [9.17, 15) is 4.79 Å². The highest BCUT2D eigenvalue weighted by molar-refractivity contribution is 5.85. The number of methoxy groups -OCH3 is 1. The molecule has 128 valence electrons. The first-order valence-corrected chi connectivity index (χ1v) is 7.65. The molecule has 0 fully saturated rings. The van der Waals surface area contributed by atoms with E-state index >= 15 is 0 Å². The monoisotopic (exact) mass is 340 g/mol. The number of furan rings is 1. The topological polar surface area (TPSA) is 54.7 Å². The van der Waals surface area contributed by atoms with Crippen LogP contribution in [0.1, 0.15) is 25.6 Å². The van der Waals surface area contributed by atoms with E-state index in [0.29, 0.717) is 26.2 Å². The van der Waals surface area contributed by atoms with Crippen molar-refractivity contribution in [3.63, 3.8) is 0 Å². The summed E-state index contributed by atoms with van der Waals surface area (Å²) in [7, 11) is 1.64. The van der Waals surface area contributed by atoms with E-state index in [1.807, 2.05) is 49.1 Å². The number of halogens is 1. The second-order valence-electron chi connectivity index (χ2n) is 5.21. The quantitative estimate of drug-likeness (QED) is 0.750. The molecule has 1 heterocycles. The Labute approximate surface area is 143 Å². The lowest BCUT2D eigenvalue weighted by molar-refractivity contribution is -0.132. The number of likely N-dealkylation sites (N-methyl/N-ethyl adjacent to an activating group) is 1. The highest BCUT2D eigenvalue weighted by Gasteiger charge is 2.22. The zero-order valence-corrected chi connectivity index (χ0v) is 14.7. The number of ether oxygens (including phenoxy) is 1. The third kappa shape index (κ3) is 4.96. The van der Waals surface area contributed by atoms with E-state index < -0.39 is 0 Å². The summed E-state index contributed by atoms with van der Waals surface area (Å²) in [5.41, 5.74) is 0.853. The van der Waals surface area contributed by atoms with E-state index in [-0.39, 0.29) is 24.4 Å². The van der Waals surface area contributed by atoms with Gasteiger partial charge in [-0.05, 0) is 26.0 Å². The van der Waals surface area contributed by atoms with Crippen LogP contribution in [0.25, 0.3) is 11.0 Å². The number of benzene rings is 1. The first kappa shape index (κ1) is 19.5. The largest absolute Gasteiger partial charge is 0.459 e. The second kappa shape index (κ2) is 9.55. The Kier molecular flexibility index (Phi) is 8.09. The van der Waals surface area contributed by atoms with Crippen LogP contribution in [0.2, 0.25) is 0 Å². The molecule has 2 rings (SSSR count). The van der Waals surface area contributed by atoms with Gasteiger partial charge in [-0.15, -0.1) is 12.4 Å². The summed E-state index contributed by atoms with van der Waals surface area (Å²) >= 11 is 0. The number of nitrogens with zero attached hydrogens (tertiary/aromatic N) is 1. The highest BCUT2D eigenvalue weighted by atomic mass is 35.5. The van der Waals surface area contributed by atoms with Crippen molar-refractivity contribution in [2.45, 2.75) is 19.9 Å². The molecule has 0 aliphatic heterocycles.